The van der Waals surface area contributed by atoms with Crippen molar-refractivity contribution in [3.05, 3.63) is 60.2 Å². The number of hydrogen-bond donors (Lipinski definition) is 2. The first-order valence-electron chi connectivity index (χ1n) is 8.15. The second-order valence-corrected chi connectivity index (χ2v) is 5.20. The normalized spacial score (nSPS) is 9.96. The molecule has 0 aliphatic carbocycles. The van der Waals surface area contributed by atoms with Crippen molar-refractivity contribution in [2.75, 3.05) is 18.5 Å². The fourth-order valence-corrected chi connectivity index (χ4v) is 2.12. The van der Waals surface area contributed by atoms with Gasteiger partial charge in [-0.2, -0.15) is 0 Å². The molecule has 6 nitrogen and oxygen atoms in total. The number of ether oxygens (including phenoxy) is 2. The molecule has 0 radical (unpaired) electrons. The summed E-state index contributed by atoms with van der Waals surface area (Å²) in [5, 5.41) is 5.29. The minimum atomic E-state index is -0.383. The zero-order valence-corrected chi connectivity index (χ0v) is 14.2. The number of rotatable bonds is 8. The average molecular weight is 342 g/mol. The second-order valence-electron chi connectivity index (χ2n) is 5.20. The third-order valence-electron chi connectivity index (χ3n) is 3.31. The predicted octanol–water partition coefficient (Wildman–Crippen LogP) is 3.34. The van der Waals surface area contributed by atoms with Gasteiger partial charge in [-0.3, -0.25) is 4.79 Å². The van der Waals surface area contributed by atoms with Crippen molar-refractivity contribution in [1.82, 2.24) is 5.32 Å². The van der Waals surface area contributed by atoms with Gasteiger partial charge >= 0.3 is 12.0 Å². The van der Waals surface area contributed by atoms with Crippen LogP contribution in [-0.4, -0.2) is 25.2 Å². The standard InChI is InChI=1S/C19H22N2O4/c1-2-24-17-11-7-6-8-15(17)14-25-18(22)12-13-20-19(23)21-16-9-4-3-5-10-16/h3-11H,2,12-14H2,1H3,(H2,20,21,23). The molecular weight excluding hydrogens is 320 g/mol. The van der Waals surface area contributed by atoms with Crippen LogP contribution in [0.1, 0.15) is 18.9 Å². The monoisotopic (exact) mass is 342 g/mol. The molecule has 0 aromatic heterocycles. The van der Waals surface area contributed by atoms with Crippen LogP contribution in [0, 0.1) is 0 Å². The minimum absolute atomic E-state index is 0.0962. The zero-order chi connectivity index (χ0) is 17.9. The van der Waals surface area contributed by atoms with Crippen molar-refractivity contribution >= 4 is 17.7 Å². The molecule has 2 aromatic carbocycles. The van der Waals surface area contributed by atoms with E-state index in [0.717, 1.165) is 5.56 Å². The highest BCUT2D eigenvalue weighted by Crippen LogP contribution is 2.18. The van der Waals surface area contributed by atoms with Crippen LogP contribution in [0.4, 0.5) is 10.5 Å². The zero-order valence-electron chi connectivity index (χ0n) is 14.2. The Balaban J connectivity index is 1.68. The van der Waals surface area contributed by atoms with Crippen LogP contribution in [0.15, 0.2) is 54.6 Å². The summed E-state index contributed by atoms with van der Waals surface area (Å²) in [6, 6.07) is 16.1. The summed E-state index contributed by atoms with van der Waals surface area (Å²) in [6.07, 6.45) is 0.0962. The summed E-state index contributed by atoms with van der Waals surface area (Å²) < 4.78 is 10.7. The molecule has 0 saturated heterocycles. The molecule has 2 aromatic rings. The van der Waals surface area contributed by atoms with Crippen LogP contribution in [-0.2, 0) is 16.1 Å². The Morgan fingerprint density at radius 2 is 1.72 bits per heavy atom. The topological polar surface area (TPSA) is 76.7 Å². The van der Waals surface area contributed by atoms with Crippen LogP contribution in [0.25, 0.3) is 0 Å². The third kappa shape index (κ3) is 6.55. The molecule has 2 amide bonds. The molecular formula is C19H22N2O4. The molecule has 0 fully saturated rings. The quantitative estimate of drug-likeness (QED) is 0.721. The highest BCUT2D eigenvalue weighted by atomic mass is 16.5. The fourth-order valence-electron chi connectivity index (χ4n) is 2.12. The number of urea groups is 1. The molecule has 0 bridgehead atoms. The number of carbonyl (C=O) groups excluding carboxylic acids is 2. The van der Waals surface area contributed by atoms with E-state index in [2.05, 4.69) is 10.6 Å². The van der Waals surface area contributed by atoms with Crippen molar-refractivity contribution in [1.29, 1.82) is 0 Å². The van der Waals surface area contributed by atoms with Gasteiger partial charge in [-0.15, -0.1) is 0 Å². The molecule has 25 heavy (non-hydrogen) atoms. The van der Waals surface area contributed by atoms with Crippen LogP contribution < -0.4 is 15.4 Å². The molecule has 0 atom stereocenters. The maximum Gasteiger partial charge on any atom is 0.319 e. The number of carbonyl (C=O) groups is 2. The summed E-state index contributed by atoms with van der Waals surface area (Å²) in [5.41, 5.74) is 1.50. The van der Waals surface area contributed by atoms with Gasteiger partial charge in [-0.1, -0.05) is 36.4 Å². The van der Waals surface area contributed by atoms with E-state index in [9.17, 15) is 9.59 Å². The van der Waals surface area contributed by atoms with Gasteiger partial charge in [0.2, 0.25) is 0 Å². The maximum absolute atomic E-state index is 11.8. The smallest absolute Gasteiger partial charge is 0.319 e. The number of hydrogen-bond acceptors (Lipinski definition) is 4. The highest BCUT2D eigenvalue weighted by Gasteiger charge is 2.08. The number of esters is 1. The van der Waals surface area contributed by atoms with Crippen molar-refractivity contribution in [3.63, 3.8) is 0 Å². The summed E-state index contributed by atoms with van der Waals surface area (Å²) in [7, 11) is 0. The molecule has 0 heterocycles. The van der Waals surface area contributed by atoms with Gasteiger partial charge in [-0.05, 0) is 25.1 Å². The van der Waals surface area contributed by atoms with Crippen molar-refractivity contribution in [3.8, 4) is 5.75 Å². The number of anilines is 1. The maximum atomic E-state index is 11.8. The third-order valence-corrected chi connectivity index (χ3v) is 3.31. The van der Waals surface area contributed by atoms with E-state index in [1.54, 1.807) is 12.1 Å². The van der Waals surface area contributed by atoms with Crippen LogP contribution >= 0.6 is 0 Å². The van der Waals surface area contributed by atoms with Crippen molar-refractivity contribution < 1.29 is 19.1 Å². The van der Waals surface area contributed by atoms with Gasteiger partial charge < -0.3 is 20.1 Å². The van der Waals surface area contributed by atoms with E-state index in [-0.39, 0.29) is 31.6 Å². The van der Waals surface area contributed by atoms with Gasteiger partial charge in [0.1, 0.15) is 12.4 Å². The largest absolute Gasteiger partial charge is 0.493 e. The van der Waals surface area contributed by atoms with E-state index in [1.807, 2.05) is 49.4 Å². The van der Waals surface area contributed by atoms with Gasteiger partial charge in [0.25, 0.3) is 0 Å². The summed E-state index contributed by atoms with van der Waals surface area (Å²) >= 11 is 0. The Hall–Kier alpha value is -3.02. The Morgan fingerprint density at radius 1 is 1.00 bits per heavy atom. The number of nitrogens with one attached hydrogen (secondary N) is 2. The van der Waals surface area contributed by atoms with Crippen LogP contribution in [0.2, 0.25) is 0 Å². The van der Waals surface area contributed by atoms with Gasteiger partial charge in [0.05, 0.1) is 13.0 Å². The molecule has 132 valence electrons. The molecule has 0 aliphatic rings. The van der Waals surface area contributed by atoms with Gasteiger partial charge in [0.15, 0.2) is 0 Å². The first-order chi connectivity index (χ1) is 12.2. The van der Waals surface area contributed by atoms with E-state index < -0.39 is 0 Å². The highest BCUT2D eigenvalue weighted by molar-refractivity contribution is 5.89. The van der Waals surface area contributed by atoms with Crippen LogP contribution in [0.5, 0.6) is 5.75 Å². The summed E-state index contributed by atoms with van der Waals surface area (Å²) in [6.45, 7) is 2.79. The number of amides is 2. The molecule has 0 spiro atoms. The molecule has 6 heteroatoms. The summed E-state index contributed by atoms with van der Waals surface area (Å²) in [5.74, 6) is 0.324. The number of benzene rings is 2. The molecule has 2 rings (SSSR count). The van der Waals surface area contributed by atoms with Crippen LogP contribution in [0.3, 0.4) is 0 Å². The van der Waals surface area contributed by atoms with E-state index >= 15 is 0 Å². The average Bonchev–Trinajstić information content (AvgIpc) is 2.62. The van der Waals surface area contributed by atoms with E-state index in [4.69, 9.17) is 9.47 Å². The second kappa shape index (κ2) is 9.97. The molecule has 0 unspecified atom stereocenters. The minimum Gasteiger partial charge on any atom is -0.493 e. The molecule has 2 N–H and O–H groups in total. The Kier molecular flexibility index (Phi) is 7.31. The van der Waals surface area contributed by atoms with E-state index in [0.29, 0.717) is 18.0 Å². The lowest BCUT2D eigenvalue weighted by Crippen LogP contribution is -2.30. The fraction of sp³-hybridized carbons (Fsp3) is 0.263. The first-order valence-corrected chi connectivity index (χ1v) is 8.15. The Morgan fingerprint density at radius 3 is 2.48 bits per heavy atom. The van der Waals surface area contributed by atoms with Gasteiger partial charge in [-0.25, -0.2) is 4.79 Å². The lowest BCUT2D eigenvalue weighted by molar-refractivity contribution is -0.144. The van der Waals surface area contributed by atoms with Crippen molar-refractivity contribution in [2.24, 2.45) is 0 Å². The lowest BCUT2D eigenvalue weighted by atomic mass is 10.2. The molecule has 0 saturated carbocycles. The lowest BCUT2D eigenvalue weighted by Gasteiger charge is -2.11. The van der Waals surface area contributed by atoms with Gasteiger partial charge in [0, 0.05) is 17.8 Å². The number of para-hydroxylation sites is 2. The van der Waals surface area contributed by atoms with E-state index in [1.165, 1.54) is 0 Å². The SMILES string of the molecule is CCOc1ccccc1COC(=O)CCNC(=O)Nc1ccccc1. The Bertz CT molecular complexity index is 689. The van der Waals surface area contributed by atoms with Crippen molar-refractivity contribution in [2.45, 2.75) is 20.0 Å². The first kappa shape index (κ1) is 18.3. The molecule has 0 aliphatic heterocycles. The summed E-state index contributed by atoms with van der Waals surface area (Å²) in [4.78, 5) is 23.5. The Labute approximate surface area is 147 Å². The predicted molar refractivity (Wildman–Crippen MR) is 95.5 cm³/mol.